The summed E-state index contributed by atoms with van der Waals surface area (Å²) >= 11 is 0. The van der Waals surface area contributed by atoms with E-state index in [1.54, 1.807) is 0 Å². The molecule has 0 aliphatic carbocycles. The van der Waals surface area contributed by atoms with Gasteiger partial charge in [0.15, 0.2) is 0 Å². The lowest BCUT2D eigenvalue weighted by Gasteiger charge is -2.50. The highest BCUT2D eigenvalue weighted by atomic mass is 16.9. The van der Waals surface area contributed by atoms with Crippen LogP contribution in [0.4, 0.5) is 0 Å². The third-order valence-electron chi connectivity index (χ3n) is 4.60. The molecule has 1 atom stereocenters. The third-order valence-corrected chi connectivity index (χ3v) is 4.60. The van der Waals surface area contributed by atoms with Crippen molar-refractivity contribution in [3.8, 4) is 0 Å². The van der Waals surface area contributed by atoms with Crippen LogP contribution in [0.3, 0.4) is 0 Å². The summed E-state index contributed by atoms with van der Waals surface area (Å²) in [6.07, 6.45) is 9.18. The number of rotatable bonds is 13. The van der Waals surface area contributed by atoms with Crippen molar-refractivity contribution in [2.75, 3.05) is 26.4 Å². The molecule has 0 radical (unpaired) electrons. The second-order valence-electron chi connectivity index (χ2n) is 6.46. The van der Waals surface area contributed by atoms with Gasteiger partial charge >= 0.3 is 5.97 Å². The number of hydrogen-bond donors (Lipinski definition) is 0. The maximum absolute atomic E-state index is 6.36. The van der Waals surface area contributed by atoms with Gasteiger partial charge in [-0.2, -0.15) is 0 Å². The lowest BCUT2D eigenvalue weighted by Crippen LogP contribution is -2.63. The van der Waals surface area contributed by atoms with Crippen LogP contribution in [0.5, 0.6) is 0 Å². The van der Waals surface area contributed by atoms with Gasteiger partial charge in [-0.15, -0.1) is 0 Å². The van der Waals surface area contributed by atoms with Gasteiger partial charge in [-0.3, -0.25) is 0 Å². The van der Waals surface area contributed by atoms with Crippen molar-refractivity contribution in [3.63, 3.8) is 0 Å². The van der Waals surface area contributed by atoms with Crippen LogP contribution in [0.25, 0.3) is 0 Å². The van der Waals surface area contributed by atoms with Gasteiger partial charge in [0.25, 0.3) is 0 Å². The summed E-state index contributed by atoms with van der Waals surface area (Å²) in [4.78, 5) is 0. The Morgan fingerprint density at radius 3 is 1.78 bits per heavy atom. The Morgan fingerprint density at radius 1 is 0.783 bits per heavy atom. The minimum atomic E-state index is -1.03. The Labute approximate surface area is 143 Å². The van der Waals surface area contributed by atoms with Gasteiger partial charge in [0.1, 0.15) is 5.60 Å². The van der Waals surface area contributed by atoms with Crippen molar-refractivity contribution in [3.05, 3.63) is 0 Å². The number of unbranched alkanes of at least 4 members (excludes halogenated alkanes) is 3. The van der Waals surface area contributed by atoms with E-state index in [4.69, 9.17) is 18.9 Å². The second kappa shape index (κ2) is 11.4. The van der Waals surface area contributed by atoms with Crippen LogP contribution >= 0.6 is 0 Å². The highest BCUT2D eigenvalue weighted by Gasteiger charge is 2.57. The third kappa shape index (κ3) is 5.70. The molecule has 0 bridgehead atoms. The summed E-state index contributed by atoms with van der Waals surface area (Å²) in [6, 6.07) is 0. The first-order valence-electron chi connectivity index (χ1n) is 9.76. The smallest absolute Gasteiger partial charge is 0.313 e. The minimum absolute atomic E-state index is 0.484. The fourth-order valence-electron chi connectivity index (χ4n) is 3.01. The van der Waals surface area contributed by atoms with E-state index >= 15 is 0 Å². The van der Waals surface area contributed by atoms with E-state index in [9.17, 15) is 0 Å². The summed E-state index contributed by atoms with van der Waals surface area (Å²) in [7, 11) is 0. The first kappa shape index (κ1) is 20.9. The molecular formula is C19H38O4. The first-order chi connectivity index (χ1) is 11.2. The molecule has 0 aromatic carbocycles. The van der Waals surface area contributed by atoms with Crippen LogP contribution < -0.4 is 0 Å². The topological polar surface area (TPSA) is 36.9 Å². The van der Waals surface area contributed by atoms with E-state index in [0.717, 1.165) is 64.4 Å². The molecular weight excluding hydrogens is 292 g/mol. The second-order valence-corrected chi connectivity index (χ2v) is 6.46. The van der Waals surface area contributed by atoms with Crippen LogP contribution in [0, 0.1) is 0 Å². The molecule has 0 saturated carbocycles. The molecule has 1 heterocycles. The summed E-state index contributed by atoms with van der Waals surface area (Å²) in [5.41, 5.74) is -0.484. The lowest BCUT2D eigenvalue weighted by atomic mass is 9.88. The fourth-order valence-corrected chi connectivity index (χ4v) is 3.01. The van der Waals surface area contributed by atoms with Crippen LogP contribution in [0.1, 0.15) is 85.5 Å². The SMILES string of the molecule is CCCCOC1(CC)CCCOC1(OCCCC)OCCCC. The molecule has 4 nitrogen and oxygen atoms in total. The molecule has 23 heavy (non-hydrogen) atoms. The summed E-state index contributed by atoms with van der Waals surface area (Å²) in [6.45, 7) is 11.4. The van der Waals surface area contributed by atoms with Gasteiger partial charge in [0, 0.05) is 6.61 Å². The maximum Gasteiger partial charge on any atom is 0.313 e. The summed E-state index contributed by atoms with van der Waals surface area (Å²) < 4.78 is 24.9. The molecule has 0 amide bonds. The molecule has 0 aromatic rings. The Morgan fingerprint density at radius 2 is 1.30 bits per heavy atom. The Bertz CT molecular complexity index is 285. The summed E-state index contributed by atoms with van der Waals surface area (Å²) in [5.74, 6) is -1.03. The Balaban J connectivity index is 2.90. The zero-order chi connectivity index (χ0) is 17.0. The predicted molar refractivity (Wildman–Crippen MR) is 93.5 cm³/mol. The predicted octanol–water partition coefficient (Wildman–Crippen LogP) is 5.05. The van der Waals surface area contributed by atoms with Crippen molar-refractivity contribution in [2.24, 2.45) is 0 Å². The van der Waals surface area contributed by atoms with Crippen LogP contribution in [-0.4, -0.2) is 38.0 Å². The van der Waals surface area contributed by atoms with Crippen molar-refractivity contribution in [2.45, 2.75) is 97.1 Å². The molecule has 0 spiro atoms. The normalized spacial score (nSPS) is 24.0. The monoisotopic (exact) mass is 330 g/mol. The van der Waals surface area contributed by atoms with Crippen molar-refractivity contribution < 1.29 is 18.9 Å². The zero-order valence-electron chi connectivity index (χ0n) is 15.8. The van der Waals surface area contributed by atoms with Crippen molar-refractivity contribution in [1.82, 2.24) is 0 Å². The molecule has 1 aliphatic heterocycles. The van der Waals surface area contributed by atoms with E-state index < -0.39 is 11.6 Å². The quantitative estimate of drug-likeness (QED) is 0.350. The standard InChI is InChI=1S/C19H38O4/c1-5-9-14-20-18(8-4)13-12-17-23-19(18,21-15-10-6-2)22-16-11-7-3/h5-17H2,1-4H3. The Kier molecular flexibility index (Phi) is 10.4. The largest absolute Gasteiger partial charge is 0.367 e. The van der Waals surface area contributed by atoms with Crippen LogP contribution in [0.15, 0.2) is 0 Å². The van der Waals surface area contributed by atoms with E-state index in [0.29, 0.717) is 19.8 Å². The summed E-state index contributed by atoms with van der Waals surface area (Å²) in [5, 5.41) is 0. The van der Waals surface area contributed by atoms with Gasteiger partial charge in [-0.05, 0) is 38.5 Å². The zero-order valence-corrected chi connectivity index (χ0v) is 15.8. The van der Waals surface area contributed by atoms with Gasteiger partial charge < -0.3 is 18.9 Å². The Hall–Kier alpha value is -0.160. The molecule has 138 valence electrons. The number of hydrogen-bond acceptors (Lipinski definition) is 4. The van der Waals surface area contributed by atoms with Crippen molar-refractivity contribution in [1.29, 1.82) is 0 Å². The van der Waals surface area contributed by atoms with Crippen molar-refractivity contribution >= 4 is 0 Å². The van der Waals surface area contributed by atoms with Gasteiger partial charge in [-0.25, -0.2) is 0 Å². The molecule has 4 heteroatoms. The number of ether oxygens (including phenoxy) is 4. The van der Waals surface area contributed by atoms with Crippen LogP contribution in [-0.2, 0) is 18.9 Å². The van der Waals surface area contributed by atoms with E-state index in [-0.39, 0.29) is 0 Å². The van der Waals surface area contributed by atoms with E-state index in [1.165, 1.54) is 0 Å². The maximum atomic E-state index is 6.36. The molecule has 0 N–H and O–H groups in total. The molecule has 1 aliphatic rings. The van der Waals surface area contributed by atoms with Crippen LogP contribution in [0.2, 0.25) is 0 Å². The highest BCUT2D eigenvalue weighted by molar-refractivity contribution is 4.93. The van der Waals surface area contributed by atoms with E-state index in [2.05, 4.69) is 27.7 Å². The molecule has 0 aromatic heterocycles. The first-order valence-corrected chi connectivity index (χ1v) is 9.76. The molecule has 1 saturated heterocycles. The van der Waals surface area contributed by atoms with Gasteiger partial charge in [0.05, 0.1) is 19.8 Å². The van der Waals surface area contributed by atoms with Gasteiger partial charge in [0.2, 0.25) is 0 Å². The lowest BCUT2D eigenvalue weighted by molar-refractivity contribution is -0.460. The average molecular weight is 331 g/mol. The average Bonchev–Trinajstić information content (AvgIpc) is 2.57. The molecule has 1 unspecified atom stereocenters. The van der Waals surface area contributed by atoms with Gasteiger partial charge in [-0.1, -0.05) is 47.0 Å². The van der Waals surface area contributed by atoms with E-state index in [1.807, 2.05) is 0 Å². The minimum Gasteiger partial charge on any atom is -0.367 e. The highest BCUT2D eigenvalue weighted by Crippen LogP contribution is 2.43. The molecule has 1 fully saturated rings. The molecule has 1 rings (SSSR count). The fraction of sp³-hybridized carbons (Fsp3) is 1.00.